The molecule has 0 aliphatic carbocycles. The molecule has 164 valence electrons. The number of alkyl halides is 3. The van der Waals surface area contributed by atoms with Crippen molar-refractivity contribution in [2.75, 3.05) is 5.32 Å². The molecule has 0 fully saturated rings. The van der Waals surface area contributed by atoms with Gasteiger partial charge in [0.25, 0.3) is 0 Å². The maximum Gasteiger partial charge on any atom is 0.416 e. The Kier molecular flexibility index (Phi) is 9.95. The van der Waals surface area contributed by atoms with Gasteiger partial charge in [0.05, 0.1) is 5.56 Å². The number of nitrogens with two attached hydrogens (primary N) is 2. The van der Waals surface area contributed by atoms with E-state index in [1.807, 2.05) is 13.8 Å². The van der Waals surface area contributed by atoms with Crippen molar-refractivity contribution in [2.45, 2.75) is 39.4 Å². The zero-order valence-electron chi connectivity index (χ0n) is 16.6. The maximum absolute atomic E-state index is 13.1. The van der Waals surface area contributed by atoms with E-state index in [-0.39, 0.29) is 36.6 Å². The van der Waals surface area contributed by atoms with Crippen LogP contribution in [0.25, 0.3) is 0 Å². The van der Waals surface area contributed by atoms with Crippen LogP contribution in [-0.4, -0.2) is 11.5 Å². The fourth-order valence-electron chi connectivity index (χ4n) is 2.44. The number of hydrazone groups is 1. The van der Waals surface area contributed by atoms with Crippen molar-refractivity contribution >= 4 is 40.4 Å². The summed E-state index contributed by atoms with van der Waals surface area (Å²) in [7, 11) is 0. The van der Waals surface area contributed by atoms with Gasteiger partial charge in [-0.3, -0.25) is 0 Å². The topological polar surface area (TPSA) is 100 Å². The lowest BCUT2D eigenvalue weighted by Gasteiger charge is -2.16. The third kappa shape index (κ3) is 7.42. The highest BCUT2D eigenvalue weighted by atomic mass is 35.5. The van der Waals surface area contributed by atoms with Crippen LogP contribution in [0.1, 0.15) is 43.4 Å². The lowest BCUT2D eigenvalue weighted by molar-refractivity contribution is -0.137. The second-order valence-corrected chi connectivity index (χ2v) is 6.79. The maximum atomic E-state index is 13.1. The number of anilines is 1. The molecule has 0 atom stereocenters. The number of nitrogens with one attached hydrogen (secondary N) is 2. The summed E-state index contributed by atoms with van der Waals surface area (Å²) in [4.78, 5) is 0. The molecule has 6 N–H and O–H groups in total. The van der Waals surface area contributed by atoms with Crippen LogP contribution in [0.3, 0.4) is 0 Å². The molecule has 0 aliphatic rings. The monoisotopic (exact) mass is 461 g/mol. The molecule has 0 aliphatic heterocycles. The van der Waals surface area contributed by atoms with E-state index < -0.39 is 11.7 Å². The molecular formula is C20H24Cl2F3N5. The lowest BCUT2D eigenvalue weighted by atomic mass is 10.0. The molecule has 0 radical (unpaired) electrons. The molecule has 2 aromatic rings. The first-order chi connectivity index (χ1) is 14.1. The molecule has 10 heteroatoms. The van der Waals surface area contributed by atoms with Gasteiger partial charge < -0.3 is 22.3 Å². The number of halogens is 5. The first-order valence-corrected chi connectivity index (χ1v) is 9.86. The van der Waals surface area contributed by atoms with Crippen LogP contribution in [0.5, 0.6) is 0 Å². The van der Waals surface area contributed by atoms with Crippen LogP contribution < -0.4 is 16.9 Å². The number of hydrogen-bond donors (Lipinski definition) is 4. The molecule has 0 saturated heterocycles. The predicted molar refractivity (Wildman–Crippen MR) is 118 cm³/mol. The molecule has 0 amide bonds. The summed E-state index contributed by atoms with van der Waals surface area (Å²) in [5.41, 5.74) is 5.94. The minimum absolute atomic E-state index is 0.102. The first-order valence-electron chi connectivity index (χ1n) is 9.11. The second-order valence-electron chi connectivity index (χ2n) is 5.95. The van der Waals surface area contributed by atoms with Gasteiger partial charge in [0.2, 0.25) is 0 Å². The quantitative estimate of drug-likeness (QED) is 0.175. The highest BCUT2D eigenvalue weighted by Crippen LogP contribution is 2.33. The number of hydrogen-bond acceptors (Lipinski definition) is 4. The van der Waals surface area contributed by atoms with Gasteiger partial charge in [-0.1, -0.05) is 49.2 Å². The third-order valence-electron chi connectivity index (χ3n) is 3.95. The normalized spacial score (nSPS) is 11.5. The summed E-state index contributed by atoms with van der Waals surface area (Å²) in [6.07, 6.45) is -4.11. The van der Waals surface area contributed by atoms with Crippen molar-refractivity contribution in [2.24, 2.45) is 16.7 Å². The number of amidine groups is 1. The summed E-state index contributed by atoms with van der Waals surface area (Å²) in [6, 6.07) is 8.01. The second kappa shape index (κ2) is 11.7. The molecule has 30 heavy (non-hydrogen) atoms. The molecule has 0 unspecified atom stereocenters. The number of nitrogens with zero attached hydrogens (tertiary/aromatic N) is 1. The van der Waals surface area contributed by atoms with E-state index in [0.29, 0.717) is 21.2 Å². The van der Waals surface area contributed by atoms with Crippen molar-refractivity contribution in [3.63, 3.8) is 0 Å². The Morgan fingerprint density at radius 3 is 2.33 bits per heavy atom. The van der Waals surface area contributed by atoms with Crippen LogP contribution in [-0.2, 0) is 12.7 Å². The van der Waals surface area contributed by atoms with E-state index in [0.717, 1.165) is 12.1 Å². The fraction of sp³-hybridized carbons (Fsp3) is 0.300. The van der Waals surface area contributed by atoms with Crippen LogP contribution in [0, 0.1) is 5.41 Å². The smallest absolute Gasteiger partial charge is 0.386 e. The fourth-order valence-corrected chi connectivity index (χ4v) is 2.91. The van der Waals surface area contributed by atoms with Crippen molar-refractivity contribution in [1.29, 1.82) is 5.41 Å². The molecule has 5 nitrogen and oxygen atoms in total. The standard InChI is InChI=1S/C18H18Cl2F3N5.C2H6/c19-12-3-1-10(14(20)8-12)9-27-16-7-11(18(21,22)23)2-4-13(16)15(24)5-6-17(25)28-26;1-2/h1-4,7-8,24,27H,5-6,9,26H2,(H2,25,28);1-2H3. The predicted octanol–water partition coefficient (Wildman–Crippen LogP) is 6.03. The Bertz CT molecular complexity index is 898. The summed E-state index contributed by atoms with van der Waals surface area (Å²) in [5.74, 6) is 5.22. The first kappa shape index (κ1) is 25.6. The van der Waals surface area contributed by atoms with Crippen LogP contribution in [0.2, 0.25) is 10.0 Å². The van der Waals surface area contributed by atoms with Gasteiger partial charge in [0.15, 0.2) is 0 Å². The molecule has 0 aromatic heterocycles. The van der Waals surface area contributed by atoms with Crippen LogP contribution in [0.4, 0.5) is 18.9 Å². The largest absolute Gasteiger partial charge is 0.416 e. The van der Waals surface area contributed by atoms with Gasteiger partial charge in [0, 0.05) is 40.0 Å². The van der Waals surface area contributed by atoms with Gasteiger partial charge in [0.1, 0.15) is 5.84 Å². The van der Waals surface area contributed by atoms with Crippen LogP contribution >= 0.6 is 23.2 Å². The summed E-state index contributed by atoms with van der Waals surface area (Å²) in [6.45, 7) is 4.16. The van der Waals surface area contributed by atoms with E-state index in [1.54, 1.807) is 18.2 Å². The van der Waals surface area contributed by atoms with E-state index in [4.69, 9.17) is 40.2 Å². The number of rotatable bonds is 7. The third-order valence-corrected chi connectivity index (χ3v) is 4.54. The minimum atomic E-state index is -4.51. The molecule has 0 spiro atoms. The van der Waals surface area contributed by atoms with Gasteiger partial charge >= 0.3 is 6.18 Å². The Morgan fingerprint density at radius 2 is 1.77 bits per heavy atom. The minimum Gasteiger partial charge on any atom is -0.386 e. The van der Waals surface area contributed by atoms with E-state index in [9.17, 15) is 13.2 Å². The van der Waals surface area contributed by atoms with E-state index >= 15 is 0 Å². The Hall–Kier alpha value is -2.45. The van der Waals surface area contributed by atoms with E-state index in [2.05, 4.69) is 10.4 Å². The Labute approximate surface area is 183 Å². The molecule has 0 bridgehead atoms. The molecule has 2 aromatic carbocycles. The molecule has 2 rings (SSSR count). The highest BCUT2D eigenvalue weighted by molar-refractivity contribution is 6.35. The van der Waals surface area contributed by atoms with E-state index in [1.165, 1.54) is 6.07 Å². The van der Waals surface area contributed by atoms with Gasteiger partial charge in [-0.25, -0.2) is 0 Å². The average Bonchev–Trinajstić information content (AvgIpc) is 2.71. The van der Waals surface area contributed by atoms with Gasteiger partial charge in [-0.2, -0.15) is 18.3 Å². The molecular weight excluding hydrogens is 438 g/mol. The van der Waals surface area contributed by atoms with Crippen molar-refractivity contribution in [3.05, 3.63) is 63.1 Å². The van der Waals surface area contributed by atoms with Gasteiger partial charge in [-0.05, 0) is 36.2 Å². The Balaban J connectivity index is 0.00000218. The summed E-state index contributed by atoms with van der Waals surface area (Å²) in [5, 5.41) is 15.3. The summed E-state index contributed by atoms with van der Waals surface area (Å²) >= 11 is 12.0. The highest BCUT2D eigenvalue weighted by Gasteiger charge is 2.31. The van der Waals surface area contributed by atoms with Crippen LogP contribution in [0.15, 0.2) is 41.5 Å². The Morgan fingerprint density at radius 1 is 1.10 bits per heavy atom. The number of benzene rings is 2. The molecule has 0 saturated carbocycles. The van der Waals surface area contributed by atoms with Crippen molar-refractivity contribution in [1.82, 2.24) is 0 Å². The average molecular weight is 462 g/mol. The molecule has 0 heterocycles. The zero-order chi connectivity index (χ0) is 22.9. The van der Waals surface area contributed by atoms with Crippen molar-refractivity contribution < 1.29 is 13.2 Å². The SMILES string of the molecule is CC.N=C(CC/C(N)=N/N)c1ccc(C(F)(F)F)cc1NCc1ccc(Cl)cc1Cl. The van der Waals surface area contributed by atoms with Gasteiger partial charge in [-0.15, -0.1) is 0 Å². The van der Waals surface area contributed by atoms with Crippen molar-refractivity contribution in [3.8, 4) is 0 Å². The lowest BCUT2D eigenvalue weighted by Crippen LogP contribution is -2.17. The zero-order valence-corrected chi connectivity index (χ0v) is 18.1. The summed E-state index contributed by atoms with van der Waals surface area (Å²) < 4.78 is 39.3.